The van der Waals surface area contributed by atoms with Crippen LogP contribution in [-0.2, 0) is 0 Å². The number of hydrogen-bond donors (Lipinski definition) is 0. The average molecular weight is 294 g/mol. The van der Waals surface area contributed by atoms with Gasteiger partial charge in [0.05, 0.1) is 0 Å². The van der Waals surface area contributed by atoms with Crippen LogP contribution < -0.4 is 0 Å². The molecule has 1 aliphatic rings. The van der Waals surface area contributed by atoms with Crippen LogP contribution in [0.4, 0.5) is 13.2 Å². The standard InChI is InChI=1S/C18H21F3/c1-2-3-4-5-6-13-7-9-14(10-8-13)15-11-16(19)18(21)17(20)12-15/h3-6,11-14H,2,7-10H2,1H3/b4-3+,6-5+. The van der Waals surface area contributed by atoms with Crippen molar-refractivity contribution in [3.63, 3.8) is 0 Å². The maximum absolute atomic E-state index is 13.3. The third-order valence-corrected chi connectivity index (χ3v) is 4.12. The van der Waals surface area contributed by atoms with Gasteiger partial charge in [0.1, 0.15) is 0 Å². The predicted octanol–water partition coefficient (Wildman–Crippen LogP) is 5.90. The molecule has 1 aromatic rings. The molecular formula is C18H21F3. The van der Waals surface area contributed by atoms with Gasteiger partial charge in [-0.05, 0) is 61.6 Å². The van der Waals surface area contributed by atoms with Crippen LogP contribution in [0.15, 0.2) is 36.4 Å². The van der Waals surface area contributed by atoms with Gasteiger partial charge in [0.25, 0.3) is 0 Å². The smallest absolute Gasteiger partial charge is 0.194 e. The van der Waals surface area contributed by atoms with Crippen LogP contribution in [0, 0.1) is 23.4 Å². The van der Waals surface area contributed by atoms with Crippen LogP contribution in [0.5, 0.6) is 0 Å². The van der Waals surface area contributed by atoms with E-state index < -0.39 is 17.5 Å². The average Bonchev–Trinajstić information content (AvgIpc) is 2.49. The lowest BCUT2D eigenvalue weighted by atomic mass is 9.78. The lowest BCUT2D eigenvalue weighted by Crippen LogP contribution is -2.12. The largest absolute Gasteiger partial charge is 0.204 e. The van der Waals surface area contributed by atoms with Crippen molar-refractivity contribution < 1.29 is 13.2 Å². The number of halogens is 3. The first kappa shape index (κ1) is 15.9. The van der Waals surface area contributed by atoms with Gasteiger partial charge in [0, 0.05) is 0 Å². The minimum atomic E-state index is -1.38. The Morgan fingerprint density at radius 3 is 2.19 bits per heavy atom. The van der Waals surface area contributed by atoms with Gasteiger partial charge >= 0.3 is 0 Å². The molecule has 0 atom stereocenters. The highest BCUT2D eigenvalue weighted by molar-refractivity contribution is 5.24. The Labute approximate surface area is 124 Å². The van der Waals surface area contributed by atoms with Crippen LogP contribution in [-0.4, -0.2) is 0 Å². The molecule has 1 aromatic carbocycles. The Hall–Kier alpha value is -1.51. The van der Waals surface area contributed by atoms with E-state index in [0.29, 0.717) is 11.5 Å². The molecule has 0 unspecified atom stereocenters. The van der Waals surface area contributed by atoms with Crippen molar-refractivity contribution >= 4 is 0 Å². The second kappa shape index (κ2) is 7.48. The Bertz CT molecular complexity index is 500. The van der Waals surface area contributed by atoms with E-state index in [-0.39, 0.29) is 5.92 Å². The van der Waals surface area contributed by atoms with E-state index in [1.807, 2.05) is 0 Å². The molecule has 0 aromatic heterocycles. The number of benzene rings is 1. The normalized spacial score (nSPS) is 23.2. The van der Waals surface area contributed by atoms with Crippen molar-refractivity contribution in [1.29, 1.82) is 0 Å². The molecule has 0 amide bonds. The first-order valence-corrected chi connectivity index (χ1v) is 7.59. The summed E-state index contributed by atoms with van der Waals surface area (Å²) in [5.74, 6) is -2.89. The van der Waals surface area contributed by atoms with Crippen LogP contribution in [0.25, 0.3) is 0 Å². The number of rotatable bonds is 4. The van der Waals surface area contributed by atoms with Gasteiger partial charge in [0.15, 0.2) is 17.5 Å². The molecule has 21 heavy (non-hydrogen) atoms. The molecule has 2 rings (SSSR count). The molecule has 0 spiro atoms. The van der Waals surface area contributed by atoms with E-state index in [9.17, 15) is 13.2 Å². The Morgan fingerprint density at radius 1 is 1.00 bits per heavy atom. The van der Waals surface area contributed by atoms with Gasteiger partial charge in [-0.2, -0.15) is 0 Å². The summed E-state index contributed by atoms with van der Waals surface area (Å²) in [5, 5.41) is 0. The zero-order valence-corrected chi connectivity index (χ0v) is 12.3. The zero-order chi connectivity index (χ0) is 15.2. The van der Waals surface area contributed by atoms with E-state index in [4.69, 9.17) is 0 Å². The fourth-order valence-electron chi connectivity index (χ4n) is 2.89. The summed E-state index contributed by atoms with van der Waals surface area (Å²) in [6.07, 6.45) is 13.2. The van der Waals surface area contributed by atoms with E-state index in [1.165, 1.54) is 0 Å². The van der Waals surface area contributed by atoms with Crippen LogP contribution in [0.2, 0.25) is 0 Å². The minimum absolute atomic E-state index is 0.130. The highest BCUT2D eigenvalue weighted by Crippen LogP contribution is 2.37. The second-order valence-corrected chi connectivity index (χ2v) is 5.63. The summed E-state index contributed by atoms with van der Waals surface area (Å²) >= 11 is 0. The molecule has 0 saturated heterocycles. The van der Waals surface area contributed by atoms with Crippen molar-refractivity contribution in [1.82, 2.24) is 0 Å². The third kappa shape index (κ3) is 4.23. The van der Waals surface area contributed by atoms with E-state index in [2.05, 4.69) is 31.2 Å². The first-order chi connectivity index (χ1) is 10.1. The van der Waals surface area contributed by atoms with Gasteiger partial charge in [-0.1, -0.05) is 31.2 Å². The molecule has 1 aliphatic carbocycles. The van der Waals surface area contributed by atoms with Gasteiger partial charge in [0.2, 0.25) is 0 Å². The molecule has 0 radical (unpaired) electrons. The van der Waals surface area contributed by atoms with Crippen molar-refractivity contribution in [2.75, 3.05) is 0 Å². The predicted molar refractivity (Wildman–Crippen MR) is 79.6 cm³/mol. The van der Waals surface area contributed by atoms with Gasteiger partial charge in [-0.25, -0.2) is 13.2 Å². The first-order valence-electron chi connectivity index (χ1n) is 7.59. The maximum Gasteiger partial charge on any atom is 0.194 e. The molecule has 1 saturated carbocycles. The Kier molecular flexibility index (Phi) is 5.66. The molecule has 0 nitrogen and oxygen atoms in total. The quantitative estimate of drug-likeness (QED) is 0.479. The van der Waals surface area contributed by atoms with E-state index in [0.717, 1.165) is 44.2 Å². The molecule has 0 heterocycles. The topological polar surface area (TPSA) is 0 Å². The lowest BCUT2D eigenvalue weighted by molar-refractivity contribution is 0.371. The van der Waals surface area contributed by atoms with E-state index >= 15 is 0 Å². The maximum atomic E-state index is 13.3. The highest BCUT2D eigenvalue weighted by Gasteiger charge is 2.23. The van der Waals surface area contributed by atoms with Gasteiger partial charge < -0.3 is 0 Å². The number of allylic oxidation sites excluding steroid dienone is 4. The van der Waals surface area contributed by atoms with Crippen molar-refractivity contribution in [2.45, 2.75) is 44.9 Å². The molecule has 0 N–H and O–H groups in total. The molecular weight excluding hydrogens is 273 g/mol. The van der Waals surface area contributed by atoms with E-state index in [1.54, 1.807) is 0 Å². The Morgan fingerprint density at radius 2 is 1.62 bits per heavy atom. The summed E-state index contributed by atoms with van der Waals surface area (Å²) < 4.78 is 39.5. The van der Waals surface area contributed by atoms with Crippen LogP contribution in [0.1, 0.15) is 50.5 Å². The molecule has 3 heteroatoms. The summed E-state index contributed by atoms with van der Waals surface area (Å²) in [5.41, 5.74) is 0.583. The van der Waals surface area contributed by atoms with Crippen molar-refractivity contribution in [3.05, 3.63) is 59.5 Å². The highest BCUT2D eigenvalue weighted by atomic mass is 19.2. The monoisotopic (exact) mass is 294 g/mol. The fraction of sp³-hybridized carbons (Fsp3) is 0.444. The summed E-state index contributed by atoms with van der Waals surface area (Å²) in [7, 11) is 0. The molecule has 0 bridgehead atoms. The SMILES string of the molecule is CC/C=C/C=C/C1CCC(c2cc(F)c(F)c(F)c2)CC1. The number of hydrogen-bond acceptors (Lipinski definition) is 0. The molecule has 1 fully saturated rings. The fourth-order valence-corrected chi connectivity index (χ4v) is 2.89. The van der Waals surface area contributed by atoms with Crippen LogP contribution in [0.3, 0.4) is 0 Å². The molecule has 114 valence electrons. The summed E-state index contributed by atoms with van der Waals surface area (Å²) in [6.45, 7) is 2.09. The van der Waals surface area contributed by atoms with Gasteiger partial charge in [-0.15, -0.1) is 0 Å². The lowest BCUT2D eigenvalue weighted by Gasteiger charge is -2.27. The summed E-state index contributed by atoms with van der Waals surface area (Å²) in [4.78, 5) is 0. The minimum Gasteiger partial charge on any atom is -0.204 e. The van der Waals surface area contributed by atoms with Crippen LogP contribution >= 0.6 is 0 Å². The molecule has 0 aliphatic heterocycles. The van der Waals surface area contributed by atoms with Crippen molar-refractivity contribution in [3.8, 4) is 0 Å². The third-order valence-electron chi connectivity index (χ3n) is 4.12. The summed E-state index contributed by atoms with van der Waals surface area (Å²) in [6, 6.07) is 2.28. The zero-order valence-electron chi connectivity index (χ0n) is 12.3. The Balaban J connectivity index is 1.95. The van der Waals surface area contributed by atoms with Crippen molar-refractivity contribution in [2.24, 2.45) is 5.92 Å². The van der Waals surface area contributed by atoms with Gasteiger partial charge in [-0.3, -0.25) is 0 Å². The second-order valence-electron chi connectivity index (χ2n) is 5.63.